The average molecular weight is 326 g/mol. The Morgan fingerprint density at radius 3 is 2.38 bits per heavy atom. The SMILES string of the molecule is O=C(Nc1ccc(F)c(Cl)c1)[C@H](Cl)C(=O)c1ccccc1. The minimum atomic E-state index is -1.38. The maximum absolute atomic E-state index is 13.0. The third kappa shape index (κ3) is 3.80. The fourth-order valence-corrected chi connectivity index (χ4v) is 2.01. The summed E-state index contributed by atoms with van der Waals surface area (Å²) in [5.41, 5.74) is 0.600. The molecular weight excluding hydrogens is 316 g/mol. The Kier molecular flexibility index (Phi) is 4.94. The van der Waals surface area contributed by atoms with Gasteiger partial charge in [-0.05, 0) is 18.2 Å². The Morgan fingerprint density at radius 2 is 1.76 bits per heavy atom. The van der Waals surface area contributed by atoms with Crippen molar-refractivity contribution >= 4 is 40.6 Å². The summed E-state index contributed by atoms with van der Waals surface area (Å²) >= 11 is 11.5. The molecule has 2 aromatic rings. The van der Waals surface area contributed by atoms with E-state index < -0.39 is 22.9 Å². The van der Waals surface area contributed by atoms with Gasteiger partial charge in [0.25, 0.3) is 0 Å². The van der Waals surface area contributed by atoms with Crippen LogP contribution in [-0.4, -0.2) is 17.1 Å². The minimum absolute atomic E-state index is 0.131. The molecule has 0 aliphatic carbocycles. The molecule has 0 spiro atoms. The van der Waals surface area contributed by atoms with Gasteiger partial charge in [-0.1, -0.05) is 41.9 Å². The third-order valence-electron chi connectivity index (χ3n) is 2.71. The number of rotatable bonds is 4. The molecule has 0 unspecified atom stereocenters. The molecule has 6 heteroatoms. The van der Waals surface area contributed by atoms with Crippen LogP contribution in [-0.2, 0) is 4.79 Å². The molecule has 2 rings (SSSR count). The normalized spacial score (nSPS) is 11.8. The van der Waals surface area contributed by atoms with Crippen molar-refractivity contribution in [3.8, 4) is 0 Å². The summed E-state index contributed by atoms with van der Waals surface area (Å²) in [7, 11) is 0. The Labute approximate surface area is 130 Å². The highest BCUT2D eigenvalue weighted by atomic mass is 35.5. The van der Waals surface area contributed by atoms with E-state index in [-0.39, 0.29) is 10.7 Å². The summed E-state index contributed by atoms with van der Waals surface area (Å²) in [5.74, 6) is -1.81. The summed E-state index contributed by atoms with van der Waals surface area (Å²) in [6.07, 6.45) is 0. The second kappa shape index (κ2) is 6.70. The molecule has 0 saturated heterocycles. The average Bonchev–Trinajstić information content (AvgIpc) is 2.50. The first-order chi connectivity index (χ1) is 9.99. The number of hydrogen-bond acceptors (Lipinski definition) is 2. The molecule has 1 atom stereocenters. The standard InChI is InChI=1S/C15H10Cl2FNO2/c16-11-8-10(6-7-12(11)18)19-15(21)13(17)14(20)9-4-2-1-3-5-9/h1-8,13H,(H,19,21)/t13-/m1/s1. The van der Waals surface area contributed by atoms with Gasteiger partial charge in [0.2, 0.25) is 5.91 Å². The van der Waals surface area contributed by atoms with E-state index in [0.29, 0.717) is 5.56 Å². The molecule has 0 heterocycles. The monoisotopic (exact) mass is 325 g/mol. The molecule has 2 aromatic carbocycles. The fourth-order valence-electron chi connectivity index (χ4n) is 1.65. The number of nitrogens with one attached hydrogen (secondary N) is 1. The predicted molar refractivity (Wildman–Crippen MR) is 80.5 cm³/mol. The van der Waals surface area contributed by atoms with E-state index in [4.69, 9.17) is 23.2 Å². The molecule has 0 radical (unpaired) electrons. The number of carbonyl (C=O) groups is 2. The highest BCUT2D eigenvalue weighted by molar-refractivity contribution is 6.45. The van der Waals surface area contributed by atoms with Crippen LogP contribution in [0.5, 0.6) is 0 Å². The summed E-state index contributed by atoms with van der Waals surface area (Å²) in [5, 5.41) is 0.908. The van der Waals surface area contributed by atoms with Crippen LogP contribution in [0.4, 0.5) is 10.1 Å². The van der Waals surface area contributed by atoms with Crippen molar-refractivity contribution in [3.63, 3.8) is 0 Å². The lowest BCUT2D eigenvalue weighted by molar-refractivity contribution is -0.115. The van der Waals surface area contributed by atoms with Crippen molar-refractivity contribution in [1.29, 1.82) is 0 Å². The molecule has 108 valence electrons. The number of halogens is 3. The van der Waals surface area contributed by atoms with Crippen LogP contribution in [0.25, 0.3) is 0 Å². The van der Waals surface area contributed by atoms with Crippen LogP contribution in [0.1, 0.15) is 10.4 Å². The summed E-state index contributed by atoms with van der Waals surface area (Å²) < 4.78 is 13.0. The molecule has 0 aromatic heterocycles. The lowest BCUT2D eigenvalue weighted by Crippen LogP contribution is -2.30. The van der Waals surface area contributed by atoms with Crippen LogP contribution in [0.2, 0.25) is 5.02 Å². The Balaban J connectivity index is 2.09. The predicted octanol–water partition coefficient (Wildman–Crippen LogP) is 3.91. The van der Waals surface area contributed by atoms with Gasteiger partial charge >= 0.3 is 0 Å². The number of Topliss-reactive ketones (excluding diaryl/α,β-unsaturated/α-hetero) is 1. The largest absolute Gasteiger partial charge is 0.324 e. The second-order valence-electron chi connectivity index (χ2n) is 4.21. The first-order valence-electron chi connectivity index (χ1n) is 5.98. The van der Waals surface area contributed by atoms with Crippen molar-refractivity contribution in [3.05, 3.63) is 64.9 Å². The lowest BCUT2D eigenvalue weighted by Gasteiger charge is -2.10. The quantitative estimate of drug-likeness (QED) is 0.526. The highest BCUT2D eigenvalue weighted by Gasteiger charge is 2.25. The fraction of sp³-hybridized carbons (Fsp3) is 0.0667. The van der Waals surface area contributed by atoms with Gasteiger partial charge in [-0.3, -0.25) is 9.59 Å². The van der Waals surface area contributed by atoms with Crippen molar-refractivity contribution in [2.75, 3.05) is 5.32 Å². The number of amides is 1. The zero-order valence-corrected chi connectivity index (χ0v) is 12.2. The highest BCUT2D eigenvalue weighted by Crippen LogP contribution is 2.20. The van der Waals surface area contributed by atoms with Crippen molar-refractivity contribution < 1.29 is 14.0 Å². The second-order valence-corrected chi connectivity index (χ2v) is 5.05. The van der Waals surface area contributed by atoms with Gasteiger partial charge in [0.05, 0.1) is 5.02 Å². The maximum atomic E-state index is 13.0. The van der Waals surface area contributed by atoms with E-state index in [1.165, 1.54) is 12.1 Å². The Hall–Kier alpha value is -1.91. The maximum Gasteiger partial charge on any atom is 0.250 e. The van der Waals surface area contributed by atoms with Gasteiger partial charge in [0.1, 0.15) is 5.82 Å². The molecule has 21 heavy (non-hydrogen) atoms. The van der Waals surface area contributed by atoms with Gasteiger partial charge in [-0.15, -0.1) is 11.6 Å². The number of anilines is 1. The van der Waals surface area contributed by atoms with Gasteiger partial charge in [0, 0.05) is 11.3 Å². The van der Waals surface area contributed by atoms with E-state index in [0.717, 1.165) is 6.07 Å². The number of benzene rings is 2. The summed E-state index contributed by atoms with van der Waals surface area (Å²) in [6, 6.07) is 11.9. The zero-order valence-electron chi connectivity index (χ0n) is 10.6. The zero-order chi connectivity index (χ0) is 15.4. The van der Waals surface area contributed by atoms with E-state index in [2.05, 4.69) is 5.32 Å². The summed E-state index contributed by atoms with van der Waals surface area (Å²) in [6.45, 7) is 0. The van der Waals surface area contributed by atoms with Crippen LogP contribution < -0.4 is 5.32 Å². The molecular formula is C15H10Cl2FNO2. The van der Waals surface area contributed by atoms with Crippen LogP contribution >= 0.6 is 23.2 Å². The van der Waals surface area contributed by atoms with E-state index in [9.17, 15) is 14.0 Å². The molecule has 1 N–H and O–H groups in total. The lowest BCUT2D eigenvalue weighted by atomic mass is 10.1. The van der Waals surface area contributed by atoms with E-state index >= 15 is 0 Å². The third-order valence-corrected chi connectivity index (χ3v) is 3.39. The molecule has 0 fully saturated rings. The number of carbonyl (C=O) groups excluding carboxylic acids is 2. The van der Waals surface area contributed by atoms with Gasteiger partial charge in [-0.2, -0.15) is 0 Å². The molecule has 1 amide bonds. The van der Waals surface area contributed by atoms with Gasteiger partial charge in [-0.25, -0.2) is 4.39 Å². The number of alkyl halides is 1. The van der Waals surface area contributed by atoms with E-state index in [1.807, 2.05) is 0 Å². The minimum Gasteiger partial charge on any atom is -0.324 e. The van der Waals surface area contributed by atoms with Crippen LogP contribution in [0.15, 0.2) is 48.5 Å². The first-order valence-corrected chi connectivity index (χ1v) is 6.79. The smallest absolute Gasteiger partial charge is 0.250 e. The number of ketones is 1. The van der Waals surface area contributed by atoms with E-state index in [1.54, 1.807) is 30.3 Å². The molecule has 0 aliphatic rings. The van der Waals surface area contributed by atoms with Crippen LogP contribution in [0, 0.1) is 5.82 Å². The Morgan fingerprint density at radius 1 is 1.10 bits per heavy atom. The number of hydrogen-bond donors (Lipinski definition) is 1. The molecule has 0 bridgehead atoms. The topological polar surface area (TPSA) is 46.2 Å². The molecule has 3 nitrogen and oxygen atoms in total. The molecule has 0 aliphatic heterocycles. The first kappa shape index (κ1) is 15.5. The van der Waals surface area contributed by atoms with Crippen LogP contribution in [0.3, 0.4) is 0 Å². The van der Waals surface area contributed by atoms with Gasteiger partial charge in [0.15, 0.2) is 11.2 Å². The Bertz CT molecular complexity index is 677. The van der Waals surface area contributed by atoms with Gasteiger partial charge < -0.3 is 5.32 Å². The van der Waals surface area contributed by atoms with Crippen molar-refractivity contribution in [2.24, 2.45) is 0 Å². The summed E-state index contributed by atoms with van der Waals surface area (Å²) in [4.78, 5) is 23.9. The van der Waals surface area contributed by atoms with Crippen molar-refractivity contribution in [2.45, 2.75) is 5.38 Å². The van der Waals surface area contributed by atoms with Crippen molar-refractivity contribution in [1.82, 2.24) is 0 Å². The molecule has 0 saturated carbocycles.